The molecule has 0 bridgehead atoms. The number of benzene rings is 2. The molecule has 1 aliphatic rings. The fourth-order valence-corrected chi connectivity index (χ4v) is 3.48. The van der Waals surface area contributed by atoms with Crippen LogP contribution in [-0.2, 0) is 4.79 Å². The number of aryl methyl sites for hydroxylation is 1. The summed E-state index contributed by atoms with van der Waals surface area (Å²) in [6.07, 6.45) is 1.37. The number of halogens is 1. The molecular weight excluding hydrogens is 373 g/mol. The topological polar surface area (TPSA) is 81.1 Å². The number of hydrogen-bond donors (Lipinski definition) is 2. The highest BCUT2D eigenvalue weighted by molar-refractivity contribution is 6.06. The van der Waals surface area contributed by atoms with E-state index in [0.29, 0.717) is 34.2 Å². The van der Waals surface area contributed by atoms with E-state index in [1.165, 1.54) is 24.2 Å². The van der Waals surface area contributed by atoms with Gasteiger partial charge in [-0.05, 0) is 37.6 Å². The maximum absolute atomic E-state index is 14.7. The van der Waals surface area contributed by atoms with Crippen LogP contribution in [0.1, 0.15) is 24.1 Å². The third-order valence-corrected chi connectivity index (χ3v) is 4.84. The number of hydrogen-bond acceptors (Lipinski definition) is 5. The highest BCUT2D eigenvalue weighted by atomic mass is 19.1. The lowest BCUT2D eigenvalue weighted by molar-refractivity contribution is -0.113. The second-order valence-electron chi connectivity index (χ2n) is 6.77. The molecule has 1 atom stereocenters. The summed E-state index contributed by atoms with van der Waals surface area (Å²) in [5, 5.41) is 10.2. The largest absolute Gasteiger partial charge is 0.495 e. The number of allylic oxidation sites excluding steroid dienone is 1. The summed E-state index contributed by atoms with van der Waals surface area (Å²) in [7, 11) is 1.54. The smallest absolute Gasteiger partial charge is 0.255 e. The van der Waals surface area contributed by atoms with Crippen molar-refractivity contribution in [3.8, 4) is 5.75 Å². The van der Waals surface area contributed by atoms with Crippen molar-refractivity contribution in [1.29, 1.82) is 0 Å². The quantitative estimate of drug-likeness (QED) is 0.707. The van der Waals surface area contributed by atoms with E-state index < -0.39 is 11.9 Å². The molecule has 2 heterocycles. The Morgan fingerprint density at radius 2 is 2.03 bits per heavy atom. The maximum Gasteiger partial charge on any atom is 0.255 e. The molecule has 2 aromatic carbocycles. The van der Waals surface area contributed by atoms with Crippen LogP contribution in [0.3, 0.4) is 0 Å². The molecule has 0 saturated heterocycles. The average Bonchev–Trinajstić information content (AvgIpc) is 3.15. The second-order valence-corrected chi connectivity index (χ2v) is 6.77. The summed E-state index contributed by atoms with van der Waals surface area (Å²) in [6.45, 7) is 3.68. The summed E-state index contributed by atoms with van der Waals surface area (Å²) in [6, 6.07) is 11.1. The molecule has 2 N–H and O–H groups in total. The molecule has 1 aliphatic heterocycles. The van der Waals surface area contributed by atoms with Crippen molar-refractivity contribution >= 4 is 17.5 Å². The summed E-state index contributed by atoms with van der Waals surface area (Å²) >= 11 is 0. The standard InChI is InChI=1S/C21H20FN5O2/c1-12-8-9-17(29-3)16(10-12)26-20(28)18-13(2)25-21-23-11-24-27(21)19(18)14-6-4-5-7-15(14)22/h4-11,19H,1-3H3,(H,26,28)(H,23,24,25)/t19-/m0/s1. The molecule has 0 unspecified atom stereocenters. The van der Waals surface area contributed by atoms with Gasteiger partial charge in [0.2, 0.25) is 5.95 Å². The fraction of sp³-hybridized carbons (Fsp3) is 0.190. The molecule has 0 radical (unpaired) electrons. The molecule has 1 amide bonds. The number of methoxy groups -OCH3 is 1. The van der Waals surface area contributed by atoms with E-state index in [2.05, 4.69) is 20.7 Å². The average molecular weight is 393 g/mol. The first kappa shape index (κ1) is 18.7. The van der Waals surface area contributed by atoms with E-state index >= 15 is 0 Å². The SMILES string of the molecule is COc1ccc(C)cc1NC(=O)C1=C(C)Nc2ncnn2[C@H]1c1ccccc1F. The molecule has 0 spiro atoms. The van der Waals surface area contributed by atoms with Crippen molar-refractivity contribution < 1.29 is 13.9 Å². The Morgan fingerprint density at radius 3 is 2.79 bits per heavy atom. The van der Waals surface area contributed by atoms with Crippen LogP contribution in [0, 0.1) is 12.7 Å². The Morgan fingerprint density at radius 1 is 1.24 bits per heavy atom. The zero-order valence-corrected chi connectivity index (χ0v) is 16.2. The van der Waals surface area contributed by atoms with Crippen LogP contribution < -0.4 is 15.4 Å². The molecule has 148 valence electrons. The highest BCUT2D eigenvalue weighted by Crippen LogP contribution is 2.37. The Balaban J connectivity index is 1.79. The Labute approximate surface area is 167 Å². The lowest BCUT2D eigenvalue weighted by atomic mass is 9.94. The van der Waals surface area contributed by atoms with Gasteiger partial charge in [-0.3, -0.25) is 4.79 Å². The Kier molecular flexibility index (Phi) is 4.75. The summed E-state index contributed by atoms with van der Waals surface area (Å²) in [5.41, 5.74) is 2.76. The number of aromatic nitrogens is 3. The van der Waals surface area contributed by atoms with E-state index in [0.717, 1.165) is 5.56 Å². The number of nitrogens with one attached hydrogen (secondary N) is 2. The van der Waals surface area contributed by atoms with Gasteiger partial charge >= 0.3 is 0 Å². The number of amides is 1. The maximum atomic E-state index is 14.7. The molecule has 29 heavy (non-hydrogen) atoms. The predicted molar refractivity (Wildman–Crippen MR) is 107 cm³/mol. The monoisotopic (exact) mass is 393 g/mol. The van der Waals surface area contributed by atoms with Gasteiger partial charge in [0, 0.05) is 11.3 Å². The molecule has 0 fully saturated rings. The normalized spacial score (nSPS) is 15.5. The van der Waals surface area contributed by atoms with Gasteiger partial charge in [-0.1, -0.05) is 24.3 Å². The Bertz CT molecular complexity index is 1120. The van der Waals surface area contributed by atoms with E-state index in [-0.39, 0.29) is 5.91 Å². The van der Waals surface area contributed by atoms with Crippen LogP contribution in [-0.4, -0.2) is 27.8 Å². The Hall–Kier alpha value is -3.68. The van der Waals surface area contributed by atoms with Crippen molar-refractivity contribution in [3.63, 3.8) is 0 Å². The van der Waals surface area contributed by atoms with Crippen LogP contribution in [0.15, 0.2) is 60.1 Å². The van der Waals surface area contributed by atoms with Crippen molar-refractivity contribution in [1.82, 2.24) is 14.8 Å². The van der Waals surface area contributed by atoms with Crippen LogP contribution in [0.5, 0.6) is 5.75 Å². The first-order valence-corrected chi connectivity index (χ1v) is 9.07. The van der Waals surface area contributed by atoms with Gasteiger partial charge in [-0.25, -0.2) is 9.07 Å². The van der Waals surface area contributed by atoms with Gasteiger partial charge in [-0.2, -0.15) is 10.1 Å². The molecule has 8 heteroatoms. The van der Waals surface area contributed by atoms with Crippen molar-refractivity contribution in [3.05, 3.63) is 77.0 Å². The highest BCUT2D eigenvalue weighted by Gasteiger charge is 2.35. The van der Waals surface area contributed by atoms with Crippen LogP contribution in [0.4, 0.5) is 16.0 Å². The lowest BCUT2D eigenvalue weighted by Gasteiger charge is -2.29. The van der Waals surface area contributed by atoms with E-state index in [9.17, 15) is 9.18 Å². The van der Waals surface area contributed by atoms with E-state index in [1.54, 1.807) is 31.2 Å². The van der Waals surface area contributed by atoms with Crippen molar-refractivity contribution in [2.75, 3.05) is 17.7 Å². The zero-order valence-electron chi connectivity index (χ0n) is 16.2. The third-order valence-electron chi connectivity index (χ3n) is 4.84. The third kappa shape index (κ3) is 3.33. The number of carbonyl (C=O) groups excluding carboxylic acids is 1. The van der Waals surface area contributed by atoms with Gasteiger partial charge in [0.25, 0.3) is 5.91 Å². The molecule has 0 aliphatic carbocycles. The molecule has 3 aromatic rings. The number of fused-ring (bicyclic) bond motifs is 1. The lowest BCUT2D eigenvalue weighted by Crippen LogP contribution is -2.32. The van der Waals surface area contributed by atoms with Gasteiger partial charge in [0.1, 0.15) is 23.9 Å². The second kappa shape index (κ2) is 7.38. The zero-order chi connectivity index (χ0) is 20.5. The van der Waals surface area contributed by atoms with Crippen molar-refractivity contribution in [2.24, 2.45) is 0 Å². The summed E-state index contributed by atoms with van der Waals surface area (Å²) in [4.78, 5) is 17.5. The van der Waals surface area contributed by atoms with Crippen LogP contribution >= 0.6 is 0 Å². The summed E-state index contributed by atoms with van der Waals surface area (Å²) < 4.78 is 21.5. The van der Waals surface area contributed by atoms with E-state index in [4.69, 9.17) is 4.74 Å². The molecule has 7 nitrogen and oxygen atoms in total. The van der Waals surface area contributed by atoms with Crippen molar-refractivity contribution in [2.45, 2.75) is 19.9 Å². The number of rotatable bonds is 4. The summed E-state index contributed by atoms with van der Waals surface area (Å²) in [5.74, 6) is 0.177. The minimum absolute atomic E-state index is 0.335. The predicted octanol–water partition coefficient (Wildman–Crippen LogP) is 3.66. The number of ether oxygens (including phenoxy) is 1. The van der Waals surface area contributed by atoms with Gasteiger partial charge in [0.15, 0.2) is 0 Å². The van der Waals surface area contributed by atoms with Crippen LogP contribution in [0.2, 0.25) is 0 Å². The minimum atomic E-state index is -0.759. The van der Waals surface area contributed by atoms with Gasteiger partial charge < -0.3 is 15.4 Å². The number of carbonyl (C=O) groups is 1. The minimum Gasteiger partial charge on any atom is -0.495 e. The number of anilines is 2. The fourth-order valence-electron chi connectivity index (χ4n) is 3.48. The molecular formula is C21H20FN5O2. The molecule has 4 rings (SSSR count). The van der Waals surface area contributed by atoms with Gasteiger partial charge in [0.05, 0.1) is 18.4 Å². The molecule has 1 aromatic heterocycles. The number of nitrogens with zero attached hydrogens (tertiary/aromatic N) is 3. The molecule has 0 saturated carbocycles. The van der Waals surface area contributed by atoms with Gasteiger partial charge in [-0.15, -0.1) is 0 Å². The first-order valence-electron chi connectivity index (χ1n) is 9.07. The van der Waals surface area contributed by atoms with E-state index in [1.807, 2.05) is 19.1 Å². The van der Waals surface area contributed by atoms with Crippen LogP contribution in [0.25, 0.3) is 0 Å². The first-order chi connectivity index (χ1) is 14.0.